The molecule has 1 aromatic carbocycles. The molecule has 3 aromatic rings. The van der Waals surface area contributed by atoms with Crippen molar-refractivity contribution in [2.75, 3.05) is 13.2 Å². The van der Waals surface area contributed by atoms with Gasteiger partial charge in [0.1, 0.15) is 35.8 Å². The summed E-state index contributed by atoms with van der Waals surface area (Å²) in [5, 5.41) is 16.9. The molecule has 1 aliphatic heterocycles. The molecule has 0 aliphatic carbocycles. The molecule has 1 saturated heterocycles. The van der Waals surface area contributed by atoms with Crippen LogP contribution in [0.1, 0.15) is 24.8 Å². The molecule has 0 bridgehead atoms. The Morgan fingerprint density at radius 2 is 2.03 bits per heavy atom. The van der Waals surface area contributed by atoms with Crippen molar-refractivity contribution in [1.82, 2.24) is 19.9 Å². The smallest absolute Gasteiger partial charge is 0.457 e. The molecule has 3 heterocycles. The molecule has 202 valence electrons. The summed E-state index contributed by atoms with van der Waals surface area (Å²) in [6, 6.07) is 10.5. The van der Waals surface area contributed by atoms with Gasteiger partial charge in [0.15, 0.2) is 6.23 Å². The summed E-state index contributed by atoms with van der Waals surface area (Å²) >= 11 is 0. The van der Waals surface area contributed by atoms with E-state index in [-0.39, 0.29) is 24.7 Å². The maximum absolute atomic E-state index is 13.4. The number of nitrogens with one attached hydrogen (secondary N) is 2. The first kappa shape index (κ1) is 26.9. The van der Waals surface area contributed by atoms with Crippen LogP contribution in [-0.4, -0.2) is 44.9 Å². The van der Waals surface area contributed by atoms with E-state index in [0.29, 0.717) is 12.8 Å². The zero-order valence-electron chi connectivity index (χ0n) is 19.6. The average molecular weight is 551 g/mol. The van der Waals surface area contributed by atoms with Crippen LogP contribution in [0.4, 0.5) is 5.88 Å². The number of benzene rings is 1. The van der Waals surface area contributed by atoms with Crippen LogP contribution in [0.2, 0.25) is 0 Å². The number of aromatic amines is 1. The lowest BCUT2D eigenvalue weighted by atomic mass is 10.2. The minimum Gasteiger partial charge on any atom is -0.457 e. The molecule has 1 fully saturated rings. The van der Waals surface area contributed by atoms with Crippen molar-refractivity contribution in [2.45, 2.75) is 31.8 Å². The van der Waals surface area contributed by atoms with Gasteiger partial charge in [-0.3, -0.25) is 29.2 Å². The Kier molecular flexibility index (Phi) is 8.48. The van der Waals surface area contributed by atoms with Crippen molar-refractivity contribution in [3.8, 4) is 5.75 Å². The van der Waals surface area contributed by atoms with Crippen molar-refractivity contribution < 1.29 is 37.2 Å². The number of H-pyrrole nitrogens is 1. The van der Waals surface area contributed by atoms with Gasteiger partial charge in [0, 0.05) is 0 Å². The summed E-state index contributed by atoms with van der Waals surface area (Å²) in [7, 11) is -4.14. The second-order valence-corrected chi connectivity index (χ2v) is 9.62. The topological polar surface area (TPSA) is 207 Å². The number of hydrogen-bond donors (Lipinski definition) is 2. The number of esters is 1. The van der Waals surface area contributed by atoms with Crippen LogP contribution in [-0.2, 0) is 30.0 Å². The van der Waals surface area contributed by atoms with Crippen molar-refractivity contribution in [2.24, 2.45) is 0 Å². The summed E-state index contributed by atoms with van der Waals surface area (Å²) in [6.07, 6.45) is 0.383. The van der Waals surface area contributed by atoms with Gasteiger partial charge in [0.25, 0.3) is 5.56 Å². The van der Waals surface area contributed by atoms with E-state index >= 15 is 0 Å². The molecule has 0 saturated carbocycles. The largest absolute Gasteiger partial charge is 0.459 e. The zero-order chi connectivity index (χ0) is 27.1. The summed E-state index contributed by atoms with van der Waals surface area (Å²) in [5.41, 5.74) is -1.37. The van der Waals surface area contributed by atoms with Gasteiger partial charge in [0.05, 0.1) is 18.8 Å². The van der Waals surface area contributed by atoms with Crippen molar-refractivity contribution >= 4 is 19.6 Å². The molecule has 1 aliphatic rings. The van der Waals surface area contributed by atoms with Crippen LogP contribution in [0.25, 0.3) is 0 Å². The summed E-state index contributed by atoms with van der Waals surface area (Å²) in [4.78, 5) is 47.4. The third-order valence-corrected chi connectivity index (χ3v) is 6.60. The van der Waals surface area contributed by atoms with Gasteiger partial charge in [-0.2, -0.15) is 9.78 Å². The Balaban J connectivity index is 1.34. The second-order valence-electron chi connectivity index (χ2n) is 7.86. The van der Waals surface area contributed by atoms with Gasteiger partial charge < -0.3 is 18.4 Å². The Morgan fingerprint density at radius 1 is 1.24 bits per heavy atom. The van der Waals surface area contributed by atoms with E-state index in [1.165, 1.54) is 18.2 Å². The number of ether oxygens (including phenoxy) is 2. The van der Waals surface area contributed by atoms with E-state index in [9.17, 15) is 29.1 Å². The number of para-hydroxylation sites is 1. The minimum atomic E-state index is -4.14. The predicted molar refractivity (Wildman–Crippen MR) is 126 cm³/mol. The highest BCUT2D eigenvalue weighted by Crippen LogP contribution is 2.45. The van der Waals surface area contributed by atoms with Gasteiger partial charge in [-0.1, -0.05) is 18.2 Å². The molecular weight excluding hydrogens is 529 g/mol. The maximum Gasteiger partial charge on any atom is 0.459 e. The lowest BCUT2D eigenvalue weighted by Crippen LogP contribution is -2.34. The minimum absolute atomic E-state index is 0.0500. The molecule has 2 unspecified atom stereocenters. The van der Waals surface area contributed by atoms with E-state index in [1.807, 2.05) is 0 Å². The van der Waals surface area contributed by atoms with Crippen molar-refractivity contribution in [1.29, 1.82) is 0 Å². The molecule has 0 radical (unpaired) electrons. The van der Waals surface area contributed by atoms with Crippen LogP contribution >= 0.6 is 7.75 Å². The Labute approximate surface area is 213 Å². The maximum atomic E-state index is 13.4. The summed E-state index contributed by atoms with van der Waals surface area (Å²) in [6.45, 7) is -1.19. The number of rotatable bonds is 12. The van der Waals surface area contributed by atoms with Crippen LogP contribution < -0.4 is 20.9 Å². The van der Waals surface area contributed by atoms with E-state index in [0.717, 1.165) is 16.9 Å². The first-order valence-electron chi connectivity index (χ1n) is 11.2. The number of aromatic nitrogens is 3. The first-order chi connectivity index (χ1) is 18.2. The highest BCUT2D eigenvalue weighted by atomic mass is 31.2. The fraction of sp³-hybridized carbons (Fsp3) is 0.333. The number of hydrogen-bond acceptors (Lipinski definition) is 12. The van der Waals surface area contributed by atoms with Gasteiger partial charge in [-0.25, -0.2) is 14.4 Å². The van der Waals surface area contributed by atoms with Crippen molar-refractivity contribution in [3.63, 3.8) is 0 Å². The quantitative estimate of drug-likeness (QED) is 0.142. The SMILES string of the molecule is O=C(CNP(=O)(OCC1CC[C@H](n2ncc(=O)[nH]c2=O)O1)Oc1ccccc1)OCc1ccc([N+](=O)[O-])o1. The fourth-order valence-corrected chi connectivity index (χ4v) is 4.66. The molecule has 2 aromatic heterocycles. The van der Waals surface area contributed by atoms with Crippen LogP contribution in [0.15, 0.2) is 62.7 Å². The third kappa shape index (κ3) is 7.23. The summed E-state index contributed by atoms with van der Waals surface area (Å²) < 4.78 is 41.1. The van der Waals surface area contributed by atoms with Crippen LogP contribution in [0.3, 0.4) is 0 Å². The highest BCUT2D eigenvalue weighted by molar-refractivity contribution is 7.52. The van der Waals surface area contributed by atoms with E-state index in [4.69, 9.17) is 22.9 Å². The van der Waals surface area contributed by atoms with Gasteiger partial charge in [-0.05, 0) is 31.0 Å². The number of furan rings is 1. The number of carbonyl (C=O) groups is 1. The Bertz CT molecular complexity index is 1440. The molecule has 38 heavy (non-hydrogen) atoms. The number of carbonyl (C=O) groups excluding carboxylic acids is 1. The van der Waals surface area contributed by atoms with Crippen LogP contribution in [0, 0.1) is 10.1 Å². The Morgan fingerprint density at radius 3 is 2.74 bits per heavy atom. The molecule has 17 heteroatoms. The molecule has 16 nitrogen and oxygen atoms in total. The monoisotopic (exact) mass is 551 g/mol. The molecular formula is C21H22N5O11P. The molecule has 0 amide bonds. The molecule has 3 atom stereocenters. The lowest BCUT2D eigenvalue weighted by Gasteiger charge is -2.21. The molecule has 0 spiro atoms. The Hall–Kier alpha value is -4.11. The standard InChI is InChI=1S/C21H22N5O11P/c27-17-10-22-25(21(29)24-17)18-8-6-16(35-18)13-34-38(32,37-14-4-2-1-3-5-14)23-11-20(28)33-12-15-7-9-19(36-15)26(30)31/h1-5,7,9-10,16,18H,6,8,11-13H2,(H,23,32)(H,24,27,29)/t16?,18-,38?/m1/s1. The predicted octanol–water partition coefficient (Wildman–Crippen LogP) is 1.65. The van der Waals surface area contributed by atoms with E-state index in [1.54, 1.807) is 18.2 Å². The first-order valence-corrected chi connectivity index (χ1v) is 12.7. The molecule has 2 N–H and O–H groups in total. The lowest BCUT2D eigenvalue weighted by molar-refractivity contribution is -0.402. The fourth-order valence-electron chi connectivity index (χ4n) is 3.37. The van der Waals surface area contributed by atoms with Gasteiger partial charge >= 0.3 is 25.3 Å². The zero-order valence-corrected chi connectivity index (χ0v) is 20.5. The average Bonchev–Trinajstić information content (AvgIpc) is 3.56. The number of nitro groups is 1. The second kappa shape index (κ2) is 12.0. The summed E-state index contributed by atoms with van der Waals surface area (Å²) in [5.74, 6) is -1.10. The number of nitrogens with zero attached hydrogens (tertiary/aromatic N) is 3. The van der Waals surface area contributed by atoms with Gasteiger partial charge in [0.2, 0.25) is 0 Å². The van der Waals surface area contributed by atoms with Crippen LogP contribution in [0.5, 0.6) is 5.75 Å². The van der Waals surface area contributed by atoms with Gasteiger partial charge in [-0.15, -0.1) is 0 Å². The third-order valence-electron chi connectivity index (χ3n) is 5.11. The highest BCUT2D eigenvalue weighted by Gasteiger charge is 2.33. The molecule has 4 rings (SSSR count). The van der Waals surface area contributed by atoms with Crippen molar-refractivity contribution in [3.05, 3.63) is 85.4 Å². The normalized spacial score (nSPS) is 18.5. The van der Waals surface area contributed by atoms with E-state index < -0.39 is 54.6 Å². The van der Waals surface area contributed by atoms with E-state index in [2.05, 4.69) is 15.2 Å².